The fourth-order valence-electron chi connectivity index (χ4n) is 3.25. The molecule has 1 aromatic heterocycles. The van der Waals surface area contributed by atoms with Crippen molar-refractivity contribution in [2.24, 2.45) is 5.92 Å². The van der Waals surface area contributed by atoms with Crippen molar-refractivity contribution in [3.63, 3.8) is 0 Å². The first-order valence-electron chi connectivity index (χ1n) is 7.89. The van der Waals surface area contributed by atoms with E-state index in [0.717, 1.165) is 6.42 Å². The molecule has 3 rings (SSSR count). The van der Waals surface area contributed by atoms with Gasteiger partial charge in [0, 0.05) is 38.5 Å². The van der Waals surface area contributed by atoms with E-state index in [1.807, 2.05) is 11.8 Å². The van der Waals surface area contributed by atoms with Crippen LogP contribution in [-0.4, -0.2) is 62.3 Å². The van der Waals surface area contributed by atoms with E-state index in [0.29, 0.717) is 38.5 Å². The van der Waals surface area contributed by atoms with Gasteiger partial charge in [-0.15, -0.1) is 0 Å². The molecule has 2 atom stereocenters. The number of anilines is 1. The minimum atomic E-state index is -3.29. The van der Waals surface area contributed by atoms with Crippen molar-refractivity contribution in [2.75, 3.05) is 43.5 Å². The Bertz CT molecular complexity index is 649. The number of nitrogens with zero attached hydrogens (tertiary/aromatic N) is 3. The van der Waals surface area contributed by atoms with Crippen molar-refractivity contribution >= 4 is 15.7 Å². The Balaban J connectivity index is 1.67. The summed E-state index contributed by atoms with van der Waals surface area (Å²) in [6, 6.07) is 1.54. The van der Waals surface area contributed by atoms with E-state index in [-0.39, 0.29) is 23.5 Å². The molecule has 0 N–H and O–H groups in total. The fourth-order valence-corrected chi connectivity index (χ4v) is 5.13. The molecule has 0 bridgehead atoms. The highest BCUT2D eigenvalue weighted by Gasteiger charge is 2.34. The third-order valence-corrected chi connectivity index (χ3v) is 6.53. The lowest BCUT2D eigenvalue weighted by molar-refractivity contribution is 0.188. The molecule has 0 aliphatic carbocycles. The van der Waals surface area contributed by atoms with Crippen LogP contribution in [-0.2, 0) is 14.8 Å². The second-order valence-electron chi connectivity index (χ2n) is 6.24. The SMILES string of the molecule is CC1CN(S(=O)(=O)CC2CCOC2)CCN1c1ccncc1F. The maximum atomic E-state index is 13.9. The van der Waals surface area contributed by atoms with Gasteiger partial charge < -0.3 is 9.64 Å². The molecule has 8 heteroatoms. The minimum absolute atomic E-state index is 0.0877. The van der Waals surface area contributed by atoms with E-state index in [1.54, 1.807) is 12.3 Å². The second kappa shape index (κ2) is 6.70. The summed E-state index contributed by atoms with van der Waals surface area (Å²) in [4.78, 5) is 5.66. The molecule has 0 spiro atoms. The van der Waals surface area contributed by atoms with Crippen LogP contribution in [0.5, 0.6) is 0 Å². The zero-order chi connectivity index (χ0) is 16.4. The number of piperazine rings is 1. The van der Waals surface area contributed by atoms with E-state index in [1.165, 1.54) is 10.5 Å². The van der Waals surface area contributed by atoms with Crippen molar-refractivity contribution in [2.45, 2.75) is 19.4 Å². The van der Waals surface area contributed by atoms with Crippen LogP contribution in [0.25, 0.3) is 0 Å². The first kappa shape index (κ1) is 16.6. The normalized spacial score (nSPS) is 26.6. The third-order valence-electron chi connectivity index (χ3n) is 4.51. The number of hydrogen-bond donors (Lipinski definition) is 0. The predicted molar refractivity (Wildman–Crippen MR) is 85.3 cm³/mol. The zero-order valence-corrected chi connectivity index (χ0v) is 14.0. The average Bonchev–Trinajstić information content (AvgIpc) is 3.00. The van der Waals surface area contributed by atoms with Gasteiger partial charge in [-0.1, -0.05) is 0 Å². The van der Waals surface area contributed by atoms with Crippen molar-refractivity contribution in [1.82, 2.24) is 9.29 Å². The summed E-state index contributed by atoms with van der Waals surface area (Å²) in [6.07, 6.45) is 3.54. The molecular weight excluding hydrogens is 321 g/mol. The third kappa shape index (κ3) is 3.64. The topological polar surface area (TPSA) is 62.7 Å². The van der Waals surface area contributed by atoms with Crippen molar-refractivity contribution in [3.05, 3.63) is 24.3 Å². The van der Waals surface area contributed by atoms with Crippen LogP contribution in [0.3, 0.4) is 0 Å². The minimum Gasteiger partial charge on any atom is -0.381 e. The largest absolute Gasteiger partial charge is 0.381 e. The van der Waals surface area contributed by atoms with Gasteiger partial charge in [-0.3, -0.25) is 4.98 Å². The highest BCUT2D eigenvalue weighted by Crippen LogP contribution is 2.25. The van der Waals surface area contributed by atoms with Crippen molar-refractivity contribution in [3.8, 4) is 0 Å². The molecular formula is C15H22FN3O3S. The van der Waals surface area contributed by atoms with Gasteiger partial charge in [0.2, 0.25) is 10.0 Å². The summed E-state index contributed by atoms with van der Waals surface area (Å²) in [6.45, 7) is 4.31. The number of pyridine rings is 1. The van der Waals surface area contributed by atoms with Crippen LogP contribution in [0.15, 0.2) is 18.5 Å². The predicted octanol–water partition coefficient (Wildman–Crippen LogP) is 1.10. The highest BCUT2D eigenvalue weighted by atomic mass is 32.2. The summed E-state index contributed by atoms with van der Waals surface area (Å²) >= 11 is 0. The standard InChI is InChI=1S/C15H22FN3O3S/c1-12-9-18(23(20,21)11-13-3-7-22-10-13)5-6-19(12)15-2-4-17-8-14(15)16/h2,4,8,12-13H,3,5-7,9-11H2,1H3. The van der Waals surface area contributed by atoms with E-state index in [2.05, 4.69) is 4.98 Å². The summed E-state index contributed by atoms with van der Waals surface area (Å²) < 4.78 is 45.8. The molecule has 128 valence electrons. The molecule has 2 aliphatic rings. The lowest BCUT2D eigenvalue weighted by Gasteiger charge is -2.40. The molecule has 0 aromatic carbocycles. The summed E-state index contributed by atoms with van der Waals surface area (Å²) in [5.41, 5.74) is 0.480. The quantitative estimate of drug-likeness (QED) is 0.819. The van der Waals surface area contributed by atoms with Crippen LogP contribution >= 0.6 is 0 Å². The highest BCUT2D eigenvalue weighted by molar-refractivity contribution is 7.89. The Morgan fingerprint density at radius 2 is 2.26 bits per heavy atom. The second-order valence-corrected chi connectivity index (χ2v) is 8.25. The number of hydrogen-bond acceptors (Lipinski definition) is 5. The Morgan fingerprint density at radius 3 is 2.91 bits per heavy atom. The summed E-state index contributed by atoms with van der Waals surface area (Å²) in [5, 5.41) is 0. The van der Waals surface area contributed by atoms with Gasteiger partial charge in [-0.2, -0.15) is 4.31 Å². The van der Waals surface area contributed by atoms with Crippen LogP contribution in [0.4, 0.5) is 10.1 Å². The monoisotopic (exact) mass is 343 g/mol. The molecule has 3 heterocycles. The van der Waals surface area contributed by atoms with Crippen LogP contribution in [0.1, 0.15) is 13.3 Å². The molecule has 2 saturated heterocycles. The van der Waals surface area contributed by atoms with Gasteiger partial charge in [0.25, 0.3) is 0 Å². The first-order chi connectivity index (χ1) is 11.0. The number of sulfonamides is 1. The molecule has 0 saturated carbocycles. The number of rotatable bonds is 4. The van der Waals surface area contributed by atoms with Crippen LogP contribution in [0.2, 0.25) is 0 Å². The number of aromatic nitrogens is 1. The van der Waals surface area contributed by atoms with Gasteiger partial charge in [0.15, 0.2) is 5.82 Å². The number of ether oxygens (including phenoxy) is 1. The zero-order valence-electron chi connectivity index (χ0n) is 13.2. The van der Waals surface area contributed by atoms with Gasteiger partial charge >= 0.3 is 0 Å². The Hall–Kier alpha value is -1.25. The average molecular weight is 343 g/mol. The molecule has 2 unspecified atom stereocenters. The molecule has 0 radical (unpaired) electrons. The lowest BCUT2D eigenvalue weighted by Crippen LogP contribution is -2.54. The Kier molecular flexibility index (Phi) is 4.84. The van der Waals surface area contributed by atoms with Gasteiger partial charge in [-0.05, 0) is 25.3 Å². The smallest absolute Gasteiger partial charge is 0.214 e. The molecule has 2 fully saturated rings. The van der Waals surface area contributed by atoms with Crippen LogP contribution < -0.4 is 4.90 Å². The maximum Gasteiger partial charge on any atom is 0.214 e. The molecule has 23 heavy (non-hydrogen) atoms. The van der Waals surface area contributed by atoms with Crippen molar-refractivity contribution < 1.29 is 17.5 Å². The van der Waals surface area contributed by atoms with E-state index in [9.17, 15) is 12.8 Å². The lowest BCUT2D eigenvalue weighted by atomic mass is 10.2. The van der Waals surface area contributed by atoms with E-state index in [4.69, 9.17) is 4.74 Å². The van der Waals surface area contributed by atoms with E-state index >= 15 is 0 Å². The number of halogens is 1. The van der Waals surface area contributed by atoms with Gasteiger partial charge in [0.05, 0.1) is 24.2 Å². The molecule has 0 amide bonds. The summed E-state index contributed by atoms with van der Waals surface area (Å²) in [5.74, 6) is -0.145. The molecule has 1 aromatic rings. The first-order valence-corrected chi connectivity index (χ1v) is 9.50. The van der Waals surface area contributed by atoms with E-state index < -0.39 is 10.0 Å². The van der Waals surface area contributed by atoms with Crippen molar-refractivity contribution in [1.29, 1.82) is 0 Å². The van der Waals surface area contributed by atoms with Gasteiger partial charge in [-0.25, -0.2) is 12.8 Å². The molecule has 6 nitrogen and oxygen atoms in total. The maximum absolute atomic E-state index is 13.9. The van der Waals surface area contributed by atoms with Crippen LogP contribution in [0, 0.1) is 11.7 Å². The summed E-state index contributed by atoms with van der Waals surface area (Å²) in [7, 11) is -3.29. The Labute approximate surface area is 136 Å². The Morgan fingerprint density at radius 1 is 1.43 bits per heavy atom. The molecule has 2 aliphatic heterocycles. The fraction of sp³-hybridized carbons (Fsp3) is 0.667. The van der Waals surface area contributed by atoms with Gasteiger partial charge in [0.1, 0.15) is 0 Å².